The van der Waals surface area contributed by atoms with Crippen molar-refractivity contribution in [3.63, 3.8) is 0 Å². The molecule has 0 aromatic heterocycles. The normalized spacial score (nSPS) is 14.3. The zero-order chi connectivity index (χ0) is 36.7. The lowest BCUT2D eigenvalue weighted by molar-refractivity contribution is 0.661. The summed E-state index contributed by atoms with van der Waals surface area (Å²) in [6.45, 7) is 4.75. The Labute approximate surface area is 322 Å². The maximum atomic E-state index is 2.50. The van der Waals surface area contributed by atoms with Crippen LogP contribution in [-0.4, -0.2) is 0 Å². The fourth-order valence-corrected chi connectivity index (χ4v) is 9.97. The summed E-state index contributed by atoms with van der Waals surface area (Å²) in [7, 11) is 0. The Bertz CT molecular complexity index is 2910. The summed E-state index contributed by atoms with van der Waals surface area (Å²) in [5.74, 6) is 0. The summed E-state index contributed by atoms with van der Waals surface area (Å²) in [6, 6.07) is 74.6. The van der Waals surface area contributed by atoms with Crippen molar-refractivity contribution in [3.05, 3.63) is 234 Å². The topological polar surface area (TPSA) is 3.24 Å². The van der Waals surface area contributed by atoms with E-state index in [9.17, 15) is 0 Å². The largest absolute Gasteiger partial charge is 0.310 e. The molecule has 260 valence electrons. The van der Waals surface area contributed by atoms with Crippen molar-refractivity contribution in [2.45, 2.75) is 24.7 Å². The monoisotopic (exact) mass is 701 g/mol. The van der Waals surface area contributed by atoms with E-state index in [0.717, 1.165) is 17.1 Å². The van der Waals surface area contributed by atoms with Crippen molar-refractivity contribution in [3.8, 4) is 22.3 Å². The zero-order valence-corrected chi connectivity index (χ0v) is 31.0. The molecule has 2 aliphatic carbocycles. The van der Waals surface area contributed by atoms with Crippen LogP contribution in [-0.2, 0) is 10.8 Å². The second-order valence-corrected chi connectivity index (χ2v) is 15.7. The van der Waals surface area contributed by atoms with E-state index in [4.69, 9.17) is 0 Å². The Kier molecular flexibility index (Phi) is 6.88. The number of hydrogen-bond donors (Lipinski definition) is 0. The van der Waals surface area contributed by atoms with Crippen LogP contribution in [0.25, 0.3) is 43.8 Å². The van der Waals surface area contributed by atoms with Crippen LogP contribution in [0.4, 0.5) is 17.1 Å². The third kappa shape index (κ3) is 4.53. The van der Waals surface area contributed by atoms with Crippen LogP contribution in [0.3, 0.4) is 0 Å². The average Bonchev–Trinajstić information content (AvgIpc) is 3.65. The Morgan fingerprint density at radius 1 is 0.345 bits per heavy atom. The van der Waals surface area contributed by atoms with Crippen molar-refractivity contribution in [1.82, 2.24) is 0 Å². The highest BCUT2D eigenvalue weighted by molar-refractivity contribution is 6.01. The van der Waals surface area contributed by atoms with Gasteiger partial charge in [0, 0.05) is 22.2 Å². The van der Waals surface area contributed by atoms with Gasteiger partial charge in [-0.05, 0) is 114 Å². The van der Waals surface area contributed by atoms with E-state index in [2.05, 4.69) is 219 Å². The summed E-state index contributed by atoms with van der Waals surface area (Å²) >= 11 is 0. The van der Waals surface area contributed by atoms with E-state index in [1.54, 1.807) is 0 Å². The molecule has 1 heteroatoms. The molecule has 0 atom stereocenters. The molecule has 1 nitrogen and oxygen atoms in total. The first-order valence-electron chi connectivity index (χ1n) is 19.3. The standard InChI is InChI=1S/C54H39N/c1-53(2)48-31-29-41(34-47(48)46-32-37-17-9-10-18-38(37)33-50(46)53)55(52-27-15-19-36-16-11-12-24-43(36)52)42-28-30-45-44-25-13-14-26-49(44)54(51(45)35-42,39-20-5-3-6-21-39)40-22-7-4-8-23-40/h3-35H,1-2H3. The summed E-state index contributed by atoms with van der Waals surface area (Å²) < 4.78 is 0. The minimum absolute atomic E-state index is 0.109. The van der Waals surface area contributed by atoms with E-state index in [-0.39, 0.29) is 5.41 Å². The third-order valence-corrected chi connectivity index (χ3v) is 12.5. The van der Waals surface area contributed by atoms with Crippen molar-refractivity contribution in [2.24, 2.45) is 0 Å². The molecule has 0 unspecified atom stereocenters. The minimum atomic E-state index is -0.489. The van der Waals surface area contributed by atoms with E-state index in [0.29, 0.717) is 0 Å². The van der Waals surface area contributed by atoms with Crippen molar-refractivity contribution < 1.29 is 0 Å². The van der Waals surface area contributed by atoms with E-state index in [1.807, 2.05) is 0 Å². The molecule has 55 heavy (non-hydrogen) atoms. The van der Waals surface area contributed by atoms with Gasteiger partial charge in [0.05, 0.1) is 11.1 Å². The van der Waals surface area contributed by atoms with Gasteiger partial charge in [-0.1, -0.05) is 172 Å². The quantitative estimate of drug-likeness (QED) is 0.173. The molecule has 2 aliphatic rings. The van der Waals surface area contributed by atoms with Gasteiger partial charge in [-0.15, -0.1) is 0 Å². The predicted molar refractivity (Wildman–Crippen MR) is 231 cm³/mol. The molecular formula is C54H39N. The lowest BCUT2D eigenvalue weighted by atomic mass is 9.67. The van der Waals surface area contributed by atoms with Gasteiger partial charge in [0.25, 0.3) is 0 Å². The number of hydrogen-bond acceptors (Lipinski definition) is 1. The van der Waals surface area contributed by atoms with Gasteiger partial charge in [-0.2, -0.15) is 0 Å². The van der Waals surface area contributed by atoms with E-state index < -0.39 is 5.41 Å². The van der Waals surface area contributed by atoms with Gasteiger partial charge in [-0.3, -0.25) is 0 Å². The van der Waals surface area contributed by atoms with Gasteiger partial charge in [0.1, 0.15) is 0 Å². The first-order chi connectivity index (χ1) is 27.0. The number of rotatable bonds is 5. The SMILES string of the molecule is CC1(C)c2ccc(N(c3ccc4c(c3)C(c3ccccc3)(c3ccccc3)c3ccccc3-4)c3cccc4ccccc34)cc2-c2cc3ccccc3cc21. The molecule has 0 spiro atoms. The average molecular weight is 702 g/mol. The maximum absolute atomic E-state index is 2.50. The van der Waals surface area contributed by atoms with Crippen molar-refractivity contribution in [2.75, 3.05) is 4.90 Å². The lowest BCUT2D eigenvalue weighted by Crippen LogP contribution is -2.28. The smallest absolute Gasteiger partial charge is 0.0714 e. The summed E-state index contributed by atoms with van der Waals surface area (Å²) in [5.41, 5.74) is 16.0. The highest BCUT2D eigenvalue weighted by Crippen LogP contribution is 2.58. The molecule has 9 aromatic carbocycles. The Morgan fingerprint density at radius 3 is 1.67 bits per heavy atom. The minimum Gasteiger partial charge on any atom is -0.310 e. The summed E-state index contributed by atoms with van der Waals surface area (Å²) in [4.78, 5) is 2.50. The van der Waals surface area contributed by atoms with Gasteiger partial charge in [0.2, 0.25) is 0 Å². The first-order valence-corrected chi connectivity index (χ1v) is 19.3. The predicted octanol–water partition coefficient (Wildman–Crippen LogP) is 14.1. The lowest BCUT2D eigenvalue weighted by Gasteiger charge is -2.35. The van der Waals surface area contributed by atoms with Crippen molar-refractivity contribution >= 4 is 38.6 Å². The third-order valence-electron chi connectivity index (χ3n) is 12.5. The molecule has 0 saturated heterocycles. The Balaban J connectivity index is 1.19. The summed E-state index contributed by atoms with van der Waals surface area (Å²) in [5, 5.41) is 5.01. The van der Waals surface area contributed by atoms with Crippen LogP contribution >= 0.6 is 0 Å². The van der Waals surface area contributed by atoms with Crippen LogP contribution in [0.2, 0.25) is 0 Å². The molecule has 0 aliphatic heterocycles. The van der Waals surface area contributed by atoms with Gasteiger partial charge in [0.15, 0.2) is 0 Å². The van der Waals surface area contributed by atoms with E-state index in [1.165, 1.54) is 77.2 Å². The molecule has 0 N–H and O–H groups in total. The van der Waals surface area contributed by atoms with E-state index >= 15 is 0 Å². The fraction of sp³-hybridized carbons (Fsp3) is 0.0741. The van der Waals surface area contributed by atoms with Crippen LogP contribution in [0, 0.1) is 0 Å². The number of nitrogens with zero attached hydrogens (tertiary/aromatic N) is 1. The molecular weight excluding hydrogens is 663 g/mol. The second-order valence-electron chi connectivity index (χ2n) is 15.7. The van der Waals surface area contributed by atoms with Crippen molar-refractivity contribution in [1.29, 1.82) is 0 Å². The van der Waals surface area contributed by atoms with Crippen LogP contribution in [0.5, 0.6) is 0 Å². The van der Waals surface area contributed by atoms with Gasteiger partial charge >= 0.3 is 0 Å². The fourth-order valence-electron chi connectivity index (χ4n) is 9.97. The second kappa shape index (κ2) is 11.9. The highest BCUT2D eigenvalue weighted by Gasteiger charge is 2.46. The summed E-state index contributed by atoms with van der Waals surface area (Å²) in [6.07, 6.45) is 0. The molecule has 0 bridgehead atoms. The number of benzene rings is 9. The molecule has 0 amide bonds. The zero-order valence-electron chi connectivity index (χ0n) is 31.0. The maximum Gasteiger partial charge on any atom is 0.0714 e. The molecule has 0 saturated carbocycles. The van der Waals surface area contributed by atoms with Crippen LogP contribution in [0.15, 0.2) is 200 Å². The number of fused-ring (bicyclic) bond motifs is 8. The molecule has 0 radical (unpaired) electrons. The molecule has 9 aromatic rings. The van der Waals surface area contributed by atoms with Gasteiger partial charge < -0.3 is 4.90 Å². The van der Waals surface area contributed by atoms with Gasteiger partial charge in [-0.25, -0.2) is 0 Å². The highest BCUT2D eigenvalue weighted by atomic mass is 15.1. The molecule has 0 heterocycles. The molecule has 0 fully saturated rings. The van der Waals surface area contributed by atoms with Crippen LogP contribution in [0.1, 0.15) is 47.2 Å². The first kappa shape index (κ1) is 31.8. The molecule has 11 rings (SSSR count). The Morgan fingerprint density at radius 2 is 0.909 bits per heavy atom. The Hall–Kier alpha value is -6.70. The number of anilines is 3. The van der Waals surface area contributed by atoms with Crippen LogP contribution < -0.4 is 4.90 Å².